The third-order valence-electron chi connectivity index (χ3n) is 2.17. The standard InChI is InChI=1S/C12H16N4OS/c1-9(2)17-12-5-11(14-7-15-12)13-4-3-10-6-18-8-16-10/h5-9H,3-4H2,1-2H3,(H,13,14,15). The Labute approximate surface area is 110 Å². The molecule has 0 spiro atoms. The Kier molecular flexibility index (Phi) is 4.46. The molecule has 2 heterocycles. The van der Waals surface area contributed by atoms with E-state index in [4.69, 9.17) is 4.74 Å². The molecule has 1 N–H and O–H groups in total. The second kappa shape index (κ2) is 6.30. The quantitative estimate of drug-likeness (QED) is 0.868. The largest absolute Gasteiger partial charge is 0.475 e. The zero-order chi connectivity index (χ0) is 12.8. The minimum absolute atomic E-state index is 0.114. The van der Waals surface area contributed by atoms with Gasteiger partial charge in [-0.15, -0.1) is 11.3 Å². The Morgan fingerprint density at radius 3 is 2.94 bits per heavy atom. The van der Waals surface area contributed by atoms with Crippen LogP contribution >= 0.6 is 11.3 Å². The van der Waals surface area contributed by atoms with Crippen LogP contribution in [0.2, 0.25) is 0 Å². The summed E-state index contributed by atoms with van der Waals surface area (Å²) in [6.07, 6.45) is 2.50. The lowest BCUT2D eigenvalue weighted by Gasteiger charge is -2.09. The summed E-state index contributed by atoms with van der Waals surface area (Å²) in [5, 5.41) is 5.28. The first kappa shape index (κ1) is 12.8. The van der Waals surface area contributed by atoms with Crippen molar-refractivity contribution in [2.75, 3.05) is 11.9 Å². The van der Waals surface area contributed by atoms with E-state index in [2.05, 4.69) is 25.6 Å². The van der Waals surface area contributed by atoms with Crippen LogP contribution in [0.4, 0.5) is 5.82 Å². The molecule has 0 aromatic carbocycles. The normalized spacial score (nSPS) is 10.6. The van der Waals surface area contributed by atoms with E-state index in [0.717, 1.165) is 24.5 Å². The molecule has 5 nitrogen and oxygen atoms in total. The predicted octanol–water partition coefficient (Wildman–Crippen LogP) is 2.37. The van der Waals surface area contributed by atoms with Crippen LogP contribution in [0.5, 0.6) is 5.88 Å². The molecule has 18 heavy (non-hydrogen) atoms. The van der Waals surface area contributed by atoms with Crippen LogP contribution in [-0.2, 0) is 6.42 Å². The number of hydrogen-bond donors (Lipinski definition) is 1. The maximum absolute atomic E-state index is 5.51. The first-order valence-electron chi connectivity index (χ1n) is 5.83. The van der Waals surface area contributed by atoms with Crippen molar-refractivity contribution in [2.24, 2.45) is 0 Å². The van der Waals surface area contributed by atoms with E-state index in [-0.39, 0.29) is 6.10 Å². The third-order valence-corrected chi connectivity index (χ3v) is 2.80. The highest BCUT2D eigenvalue weighted by molar-refractivity contribution is 7.07. The number of thiazole rings is 1. The van der Waals surface area contributed by atoms with Crippen LogP contribution in [0, 0.1) is 0 Å². The van der Waals surface area contributed by atoms with E-state index in [1.807, 2.05) is 19.4 Å². The van der Waals surface area contributed by atoms with Crippen molar-refractivity contribution in [2.45, 2.75) is 26.4 Å². The van der Waals surface area contributed by atoms with E-state index in [9.17, 15) is 0 Å². The second-order valence-electron chi connectivity index (χ2n) is 4.06. The number of ether oxygens (including phenoxy) is 1. The summed E-state index contributed by atoms with van der Waals surface area (Å²) >= 11 is 1.61. The summed E-state index contributed by atoms with van der Waals surface area (Å²) in [5.41, 5.74) is 2.94. The maximum atomic E-state index is 5.51. The van der Waals surface area contributed by atoms with Gasteiger partial charge in [0, 0.05) is 24.4 Å². The summed E-state index contributed by atoms with van der Waals surface area (Å²) in [6, 6.07) is 1.81. The Balaban J connectivity index is 1.85. The van der Waals surface area contributed by atoms with Gasteiger partial charge in [-0.25, -0.2) is 15.0 Å². The van der Waals surface area contributed by atoms with Crippen LogP contribution in [0.25, 0.3) is 0 Å². The van der Waals surface area contributed by atoms with Crippen LogP contribution < -0.4 is 10.1 Å². The van der Waals surface area contributed by atoms with E-state index in [1.54, 1.807) is 17.4 Å². The van der Waals surface area contributed by atoms with Crippen molar-refractivity contribution in [1.82, 2.24) is 15.0 Å². The Hall–Kier alpha value is -1.69. The van der Waals surface area contributed by atoms with Crippen molar-refractivity contribution in [3.8, 4) is 5.88 Å². The van der Waals surface area contributed by atoms with Gasteiger partial charge in [0.2, 0.25) is 5.88 Å². The molecule has 6 heteroatoms. The van der Waals surface area contributed by atoms with Gasteiger partial charge in [-0.3, -0.25) is 0 Å². The van der Waals surface area contributed by atoms with E-state index < -0.39 is 0 Å². The molecule has 96 valence electrons. The molecule has 0 unspecified atom stereocenters. The highest BCUT2D eigenvalue weighted by Gasteiger charge is 2.02. The number of rotatable bonds is 6. The van der Waals surface area contributed by atoms with Gasteiger partial charge in [0.05, 0.1) is 17.3 Å². The number of aromatic nitrogens is 3. The minimum atomic E-state index is 0.114. The fraction of sp³-hybridized carbons (Fsp3) is 0.417. The predicted molar refractivity (Wildman–Crippen MR) is 72.1 cm³/mol. The average molecular weight is 264 g/mol. The first-order chi connectivity index (χ1) is 8.74. The van der Waals surface area contributed by atoms with Crippen LogP contribution in [0.3, 0.4) is 0 Å². The fourth-order valence-electron chi connectivity index (χ4n) is 1.42. The molecule has 0 radical (unpaired) electrons. The summed E-state index contributed by atoms with van der Waals surface area (Å²) < 4.78 is 5.51. The number of hydrogen-bond acceptors (Lipinski definition) is 6. The molecule has 2 aromatic heterocycles. The lowest BCUT2D eigenvalue weighted by molar-refractivity contribution is 0.232. The van der Waals surface area contributed by atoms with Gasteiger partial charge >= 0.3 is 0 Å². The van der Waals surface area contributed by atoms with Crippen molar-refractivity contribution in [1.29, 1.82) is 0 Å². The number of nitrogens with one attached hydrogen (secondary N) is 1. The molecule has 0 amide bonds. The molecule has 0 saturated heterocycles. The van der Waals surface area contributed by atoms with Gasteiger partial charge in [0.25, 0.3) is 0 Å². The molecular formula is C12H16N4OS. The molecule has 2 rings (SSSR count). The highest BCUT2D eigenvalue weighted by Crippen LogP contribution is 2.12. The van der Waals surface area contributed by atoms with E-state index in [1.165, 1.54) is 6.33 Å². The first-order valence-corrected chi connectivity index (χ1v) is 6.78. The zero-order valence-electron chi connectivity index (χ0n) is 10.5. The van der Waals surface area contributed by atoms with Crippen LogP contribution in [0.1, 0.15) is 19.5 Å². The number of nitrogens with zero attached hydrogens (tertiary/aromatic N) is 3. The summed E-state index contributed by atoms with van der Waals surface area (Å²) in [4.78, 5) is 12.4. The summed E-state index contributed by atoms with van der Waals surface area (Å²) in [7, 11) is 0. The molecule has 0 fully saturated rings. The van der Waals surface area contributed by atoms with Crippen molar-refractivity contribution < 1.29 is 4.74 Å². The van der Waals surface area contributed by atoms with Gasteiger partial charge in [0.1, 0.15) is 12.1 Å². The van der Waals surface area contributed by atoms with Gasteiger partial charge in [0.15, 0.2) is 0 Å². The molecule has 0 aliphatic carbocycles. The van der Waals surface area contributed by atoms with Gasteiger partial charge < -0.3 is 10.1 Å². The van der Waals surface area contributed by atoms with Gasteiger partial charge in [-0.05, 0) is 13.8 Å². The molecular weight excluding hydrogens is 248 g/mol. The summed E-state index contributed by atoms with van der Waals surface area (Å²) in [6.45, 7) is 4.73. The molecule has 2 aromatic rings. The smallest absolute Gasteiger partial charge is 0.218 e. The summed E-state index contributed by atoms with van der Waals surface area (Å²) in [5.74, 6) is 1.37. The minimum Gasteiger partial charge on any atom is -0.475 e. The monoisotopic (exact) mass is 264 g/mol. The molecule has 0 atom stereocenters. The average Bonchev–Trinajstić information content (AvgIpc) is 2.82. The maximum Gasteiger partial charge on any atom is 0.218 e. The second-order valence-corrected chi connectivity index (χ2v) is 4.78. The molecule has 0 bridgehead atoms. The molecule has 0 saturated carbocycles. The molecule has 0 aliphatic heterocycles. The molecule has 0 aliphatic rings. The van der Waals surface area contributed by atoms with Crippen molar-refractivity contribution in [3.63, 3.8) is 0 Å². The number of anilines is 1. The highest BCUT2D eigenvalue weighted by atomic mass is 32.1. The Morgan fingerprint density at radius 1 is 1.33 bits per heavy atom. The van der Waals surface area contributed by atoms with Gasteiger partial charge in [-0.2, -0.15) is 0 Å². The van der Waals surface area contributed by atoms with Crippen LogP contribution in [0.15, 0.2) is 23.3 Å². The van der Waals surface area contributed by atoms with Gasteiger partial charge in [-0.1, -0.05) is 0 Å². The van der Waals surface area contributed by atoms with Crippen LogP contribution in [-0.4, -0.2) is 27.6 Å². The third kappa shape index (κ3) is 3.96. The Morgan fingerprint density at radius 2 is 2.22 bits per heavy atom. The topological polar surface area (TPSA) is 59.9 Å². The van der Waals surface area contributed by atoms with Crippen molar-refractivity contribution >= 4 is 17.2 Å². The lowest BCUT2D eigenvalue weighted by Crippen LogP contribution is -2.09. The fourth-order valence-corrected chi connectivity index (χ4v) is 2.01. The lowest BCUT2D eigenvalue weighted by atomic mass is 10.3. The SMILES string of the molecule is CC(C)Oc1cc(NCCc2cscn2)ncn1. The van der Waals surface area contributed by atoms with E-state index in [0.29, 0.717) is 5.88 Å². The van der Waals surface area contributed by atoms with E-state index >= 15 is 0 Å². The Bertz CT molecular complexity index is 473. The zero-order valence-corrected chi connectivity index (χ0v) is 11.3. The van der Waals surface area contributed by atoms with Crippen molar-refractivity contribution in [3.05, 3.63) is 29.0 Å².